The maximum atomic E-state index is 10.7. The molecule has 0 unspecified atom stereocenters. The van der Waals surface area contributed by atoms with Crippen molar-refractivity contribution in [2.45, 2.75) is 0 Å². The fourth-order valence-electron chi connectivity index (χ4n) is 0.785. The summed E-state index contributed by atoms with van der Waals surface area (Å²) in [5, 5.41) is 0. The van der Waals surface area contributed by atoms with Crippen molar-refractivity contribution >= 4 is 23.6 Å². The molecule has 1 aromatic carbocycles. The summed E-state index contributed by atoms with van der Waals surface area (Å²) in [6.07, 6.45) is 1.11. The molecular formula is C9H10N2O2. The van der Waals surface area contributed by atoms with E-state index in [0.29, 0.717) is 11.4 Å². The fraction of sp³-hybridized carbons (Fsp3) is 0.111. The zero-order valence-electron chi connectivity index (χ0n) is 7.23. The molecule has 1 aromatic rings. The van der Waals surface area contributed by atoms with E-state index in [9.17, 15) is 4.79 Å². The van der Waals surface area contributed by atoms with Crippen LogP contribution in [0.5, 0.6) is 0 Å². The van der Waals surface area contributed by atoms with Crippen molar-refractivity contribution < 1.29 is 9.53 Å². The number of methoxy groups -OCH3 is 1. The number of hydrogen-bond donors (Lipinski definition) is 1. The molecule has 0 saturated carbocycles. The second-order valence-electron chi connectivity index (χ2n) is 2.38. The molecule has 0 amide bonds. The van der Waals surface area contributed by atoms with Gasteiger partial charge in [0, 0.05) is 5.69 Å². The highest BCUT2D eigenvalue weighted by atomic mass is 16.5. The van der Waals surface area contributed by atoms with E-state index in [0.717, 1.165) is 6.21 Å². The Hall–Kier alpha value is -1.84. The van der Waals surface area contributed by atoms with Crippen LogP contribution in [0.2, 0.25) is 0 Å². The van der Waals surface area contributed by atoms with Crippen LogP contribution in [0.25, 0.3) is 0 Å². The third-order valence-corrected chi connectivity index (χ3v) is 1.39. The van der Waals surface area contributed by atoms with E-state index >= 15 is 0 Å². The second kappa shape index (κ2) is 4.25. The number of aliphatic imine (C=N–C) groups is 1. The summed E-state index contributed by atoms with van der Waals surface area (Å²) in [6.45, 7) is 0. The summed E-state index contributed by atoms with van der Waals surface area (Å²) in [6, 6.07) is 6.92. The van der Waals surface area contributed by atoms with Crippen molar-refractivity contribution in [3.05, 3.63) is 24.3 Å². The van der Waals surface area contributed by atoms with Gasteiger partial charge in [-0.25, -0.2) is 9.79 Å². The van der Waals surface area contributed by atoms with Crippen molar-refractivity contribution in [3.63, 3.8) is 0 Å². The van der Waals surface area contributed by atoms with Crippen LogP contribution >= 0.6 is 0 Å². The van der Waals surface area contributed by atoms with Crippen LogP contribution in [-0.4, -0.2) is 19.3 Å². The van der Waals surface area contributed by atoms with Gasteiger partial charge in [0.05, 0.1) is 12.8 Å². The van der Waals surface area contributed by atoms with E-state index in [1.807, 2.05) is 0 Å². The van der Waals surface area contributed by atoms with Crippen LogP contribution in [0.3, 0.4) is 0 Å². The lowest BCUT2D eigenvalue weighted by molar-refractivity contribution is -0.132. The number of rotatable bonds is 2. The Morgan fingerprint density at radius 3 is 3.00 bits per heavy atom. The Bertz CT molecular complexity index is 334. The number of carbonyl (C=O) groups is 1. The predicted molar refractivity (Wildman–Crippen MR) is 51.0 cm³/mol. The molecule has 0 radical (unpaired) electrons. The summed E-state index contributed by atoms with van der Waals surface area (Å²) in [7, 11) is 1.30. The van der Waals surface area contributed by atoms with Crippen LogP contribution in [0, 0.1) is 0 Å². The molecule has 68 valence electrons. The summed E-state index contributed by atoms with van der Waals surface area (Å²) < 4.78 is 4.38. The average molecular weight is 178 g/mol. The highest BCUT2D eigenvalue weighted by Crippen LogP contribution is 2.14. The van der Waals surface area contributed by atoms with Gasteiger partial charge in [-0.15, -0.1) is 0 Å². The third kappa shape index (κ3) is 2.94. The maximum absolute atomic E-state index is 10.7. The fourth-order valence-corrected chi connectivity index (χ4v) is 0.785. The van der Waals surface area contributed by atoms with Crippen LogP contribution < -0.4 is 5.73 Å². The number of esters is 1. The van der Waals surface area contributed by atoms with Gasteiger partial charge in [0.15, 0.2) is 0 Å². The lowest BCUT2D eigenvalue weighted by Crippen LogP contribution is -2.00. The van der Waals surface area contributed by atoms with Gasteiger partial charge < -0.3 is 10.5 Å². The molecule has 0 spiro atoms. The van der Waals surface area contributed by atoms with Gasteiger partial charge in [0.1, 0.15) is 6.21 Å². The lowest BCUT2D eigenvalue weighted by Gasteiger charge is -1.94. The number of nitrogen functional groups attached to an aromatic ring is 1. The van der Waals surface area contributed by atoms with E-state index in [4.69, 9.17) is 5.73 Å². The minimum Gasteiger partial charge on any atom is -0.465 e. The molecule has 0 aromatic heterocycles. The molecule has 0 aliphatic heterocycles. The number of ether oxygens (including phenoxy) is 1. The molecule has 13 heavy (non-hydrogen) atoms. The first-order valence-corrected chi connectivity index (χ1v) is 3.70. The molecule has 0 atom stereocenters. The van der Waals surface area contributed by atoms with Gasteiger partial charge in [-0.3, -0.25) is 0 Å². The van der Waals surface area contributed by atoms with E-state index in [1.165, 1.54) is 7.11 Å². The number of anilines is 1. The van der Waals surface area contributed by atoms with Gasteiger partial charge in [-0.05, 0) is 18.2 Å². The topological polar surface area (TPSA) is 64.7 Å². The Morgan fingerprint density at radius 2 is 2.38 bits per heavy atom. The molecule has 0 aliphatic carbocycles. The normalized spacial score (nSPS) is 10.2. The molecule has 4 heteroatoms. The average Bonchev–Trinajstić information content (AvgIpc) is 2.14. The SMILES string of the molecule is COC(=O)C=Nc1cccc(N)c1. The molecule has 0 heterocycles. The minimum atomic E-state index is -0.484. The summed E-state index contributed by atoms with van der Waals surface area (Å²) in [4.78, 5) is 14.5. The Balaban J connectivity index is 2.74. The van der Waals surface area contributed by atoms with Crippen molar-refractivity contribution in [3.8, 4) is 0 Å². The van der Waals surface area contributed by atoms with Gasteiger partial charge in [0.2, 0.25) is 0 Å². The highest BCUT2D eigenvalue weighted by Gasteiger charge is 1.93. The van der Waals surface area contributed by atoms with Crippen LogP contribution in [0.1, 0.15) is 0 Å². The largest absolute Gasteiger partial charge is 0.465 e. The van der Waals surface area contributed by atoms with Gasteiger partial charge in [0.25, 0.3) is 0 Å². The van der Waals surface area contributed by atoms with Crippen LogP contribution in [0.4, 0.5) is 11.4 Å². The Labute approximate surface area is 76.0 Å². The third-order valence-electron chi connectivity index (χ3n) is 1.39. The molecule has 0 aliphatic rings. The molecule has 4 nitrogen and oxygen atoms in total. The minimum absolute atomic E-state index is 0.484. The smallest absolute Gasteiger partial charge is 0.349 e. The van der Waals surface area contributed by atoms with E-state index in [2.05, 4.69) is 9.73 Å². The summed E-state index contributed by atoms with van der Waals surface area (Å²) in [5.74, 6) is -0.484. The number of benzene rings is 1. The van der Waals surface area contributed by atoms with E-state index in [-0.39, 0.29) is 0 Å². The molecule has 0 fully saturated rings. The molecule has 2 N–H and O–H groups in total. The van der Waals surface area contributed by atoms with Crippen molar-refractivity contribution in [1.29, 1.82) is 0 Å². The first-order valence-electron chi connectivity index (χ1n) is 3.70. The molecule has 1 rings (SSSR count). The zero-order chi connectivity index (χ0) is 9.68. The first-order chi connectivity index (χ1) is 6.22. The molecular weight excluding hydrogens is 168 g/mol. The lowest BCUT2D eigenvalue weighted by atomic mass is 10.3. The molecule has 0 bridgehead atoms. The monoisotopic (exact) mass is 178 g/mol. The van der Waals surface area contributed by atoms with E-state index in [1.54, 1.807) is 24.3 Å². The van der Waals surface area contributed by atoms with Crippen molar-refractivity contribution in [1.82, 2.24) is 0 Å². The van der Waals surface area contributed by atoms with Gasteiger partial charge >= 0.3 is 5.97 Å². The zero-order valence-corrected chi connectivity index (χ0v) is 7.23. The predicted octanol–water partition coefficient (Wildman–Crippen LogP) is 1.14. The summed E-state index contributed by atoms with van der Waals surface area (Å²) >= 11 is 0. The Kier molecular flexibility index (Phi) is 3.03. The summed E-state index contributed by atoms with van der Waals surface area (Å²) in [5.41, 5.74) is 6.75. The number of nitrogens with zero attached hydrogens (tertiary/aromatic N) is 1. The van der Waals surface area contributed by atoms with Gasteiger partial charge in [-0.1, -0.05) is 6.07 Å². The maximum Gasteiger partial charge on any atom is 0.349 e. The number of carbonyl (C=O) groups excluding carboxylic acids is 1. The molecule has 0 saturated heterocycles. The van der Waals surface area contributed by atoms with Crippen molar-refractivity contribution in [2.75, 3.05) is 12.8 Å². The standard InChI is InChI=1S/C9H10N2O2/c1-13-9(12)6-11-8-4-2-3-7(10)5-8/h2-6H,10H2,1H3. The number of hydrogen-bond acceptors (Lipinski definition) is 4. The number of nitrogens with two attached hydrogens (primary N) is 1. The first kappa shape index (κ1) is 9.25. The second-order valence-corrected chi connectivity index (χ2v) is 2.38. The highest BCUT2D eigenvalue weighted by molar-refractivity contribution is 6.23. The van der Waals surface area contributed by atoms with Gasteiger partial charge in [-0.2, -0.15) is 0 Å². The Morgan fingerprint density at radius 1 is 1.62 bits per heavy atom. The van der Waals surface area contributed by atoms with Crippen LogP contribution in [0.15, 0.2) is 29.3 Å². The quantitative estimate of drug-likeness (QED) is 0.419. The van der Waals surface area contributed by atoms with Crippen LogP contribution in [-0.2, 0) is 9.53 Å². The van der Waals surface area contributed by atoms with E-state index < -0.39 is 5.97 Å². The van der Waals surface area contributed by atoms with Crippen molar-refractivity contribution in [2.24, 2.45) is 4.99 Å².